The molecule has 0 heterocycles. The number of hydrogen-bond acceptors (Lipinski definition) is 4. The molecule has 162 valence electrons. The van der Waals surface area contributed by atoms with E-state index >= 15 is 0 Å². The average molecular weight is 413 g/mol. The third kappa shape index (κ3) is 5.01. The number of anilines is 1. The van der Waals surface area contributed by atoms with E-state index in [9.17, 15) is 14.4 Å². The molecule has 1 aromatic rings. The molecule has 0 spiro atoms. The minimum atomic E-state index is -0.403. The van der Waals surface area contributed by atoms with Crippen molar-refractivity contribution in [3.8, 4) is 0 Å². The molecule has 0 atom stereocenters. The Hall–Kier alpha value is -2.41. The van der Waals surface area contributed by atoms with Gasteiger partial charge in [0, 0.05) is 11.2 Å². The summed E-state index contributed by atoms with van der Waals surface area (Å²) in [4.78, 5) is 38.5. The Morgan fingerprint density at radius 1 is 0.933 bits per heavy atom. The molecule has 4 amide bonds. The summed E-state index contributed by atoms with van der Waals surface area (Å²) in [6.45, 7) is 2.03. The maximum Gasteiger partial charge on any atom is 0.321 e. The lowest BCUT2D eigenvalue weighted by molar-refractivity contribution is -0.122. The van der Waals surface area contributed by atoms with Crippen LogP contribution >= 0.6 is 0 Å². The lowest BCUT2D eigenvalue weighted by Crippen LogP contribution is -2.62. The van der Waals surface area contributed by atoms with Gasteiger partial charge in [0.2, 0.25) is 11.8 Å². The summed E-state index contributed by atoms with van der Waals surface area (Å²) in [7, 11) is 1.69. The summed E-state index contributed by atoms with van der Waals surface area (Å²) < 4.78 is 0. The molecular formula is C23H32N4O3. The summed E-state index contributed by atoms with van der Waals surface area (Å²) in [6.07, 6.45) is 7.03. The first-order valence-corrected chi connectivity index (χ1v) is 11.0. The van der Waals surface area contributed by atoms with E-state index in [1.54, 1.807) is 11.9 Å². The van der Waals surface area contributed by atoms with Crippen molar-refractivity contribution >= 4 is 23.5 Å². The van der Waals surface area contributed by atoms with Gasteiger partial charge in [-0.2, -0.15) is 0 Å². The molecule has 0 aliphatic heterocycles. The Labute approximate surface area is 178 Å². The molecule has 4 saturated carbocycles. The SMILES string of the molecule is Cc1ccc(NC(=O)CN(C)CC(=O)NC(=O)NC23CC4CC(CC(C4)C2)C3)cc1. The number of nitrogens with one attached hydrogen (secondary N) is 3. The molecule has 4 aliphatic carbocycles. The van der Waals surface area contributed by atoms with Gasteiger partial charge < -0.3 is 10.6 Å². The molecule has 0 aromatic heterocycles. The number of carbonyl (C=O) groups excluding carboxylic acids is 3. The van der Waals surface area contributed by atoms with Gasteiger partial charge in [0.25, 0.3) is 0 Å². The monoisotopic (exact) mass is 412 g/mol. The second-order valence-electron chi connectivity index (χ2n) is 9.79. The fourth-order valence-corrected chi connectivity index (χ4v) is 6.09. The molecule has 0 saturated heterocycles. The van der Waals surface area contributed by atoms with Crippen LogP contribution in [0.2, 0.25) is 0 Å². The van der Waals surface area contributed by atoms with Gasteiger partial charge >= 0.3 is 6.03 Å². The molecule has 0 radical (unpaired) electrons. The number of benzene rings is 1. The van der Waals surface area contributed by atoms with Crippen molar-refractivity contribution in [1.82, 2.24) is 15.5 Å². The molecule has 3 N–H and O–H groups in total. The van der Waals surface area contributed by atoms with Gasteiger partial charge in [-0.25, -0.2) is 4.79 Å². The number of likely N-dealkylation sites (N-methyl/N-ethyl adjacent to an activating group) is 1. The third-order valence-electron chi connectivity index (χ3n) is 6.83. The van der Waals surface area contributed by atoms with Crippen molar-refractivity contribution in [2.45, 2.75) is 51.0 Å². The van der Waals surface area contributed by atoms with Crippen LogP contribution in [0.1, 0.15) is 44.1 Å². The number of aryl methyl sites for hydroxylation is 1. The highest BCUT2D eigenvalue weighted by atomic mass is 16.2. The number of amides is 4. The quantitative estimate of drug-likeness (QED) is 0.670. The lowest BCUT2D eigenvalue weighted by Gasteiger charge is -2.56. The minimum Gasteiger partial charge on any atom is -0.332 e. The van der Waals surface area contributed by atoms with Crippen LogP contribution in [0.15, 0.2) is 24.3 Å². The van der Waals surface area contributed by atoms with E-state index < -0.39 is 11.9 Å². The molecule has 0 unspecified atom stereocenters. The standard InChI is InChI=1S/C23H32N4O3/c1-15-3-5-19(6-4-15)24-20(28)13-27(2)14-21(29)25-22(30)26-23-10-16-7-17(11-23)9-18(8-16)12-23/h3-6,16-18H,7-14H2,1-2H3,(H,24,28)(H2,25,26,29,30). The van der Waals surface area contributed by atoms with Gasteiger partial charge in [0.05, 0.1) is 13.1 Å². The van der Waals surface area contributed by atoms with E-state index in [2.05, 4.69) is 16.0 Å². The Kier molecular flexibility index (Phi) is 5.82. The molecule has 4 bridgehead atoms. The first kappa shape index (κ1) is 20.8. The minimum absolute atomic E-state index is 0.0182. The summed E-state index contributed by atoms with van der Waals surface area (Å²) >= 11 is 0. The van der Waals surface area contributed by atoms with Gasteiger partial charge in [0.15, 0.2) is 0 Å². The van der Waals surface area contributed by atoms with Crippen molar-refractivity contribution in [2.75, 3.05) is 25.5 Å². The molecule has 4 aliphatic rings. The van der Waals surface area contributed by atoms with Crippen molar-refractivity contribution in [1.29, 1.82) is 0 Å². The van der Waals surface area contributed by atoms with Crippen LogP contribution < -0.4 is 16.0 Å². The van der Waals surface area contributed by atoms with Crippen LogP contribution in [0.4, 0.5) is 10.5 Å². The first-order valence-electron chi connectivity index (χ1n) is 11.0. The van der Waals surface area contributed by atoms with Crippen LogP contribution in [0.3, 0.4) is 0 Å². The highest BCUT2D eigenvalue weighted by molar-refractivity contribution is 5.96. The normalized spacial score (nSPS) is 29.0. The molecule has 5 rings (SSSR count). The fourth-order valence-electron chi connectivity index (χ4n) is 6.09. The van der Waals surface area contributed by atoms with Crippen molar-refractivity contribution in [3.63, 3.8) is 0 Å². The fraction of sp³-hybridized carbons (Fsp3) is 0.609. The number of urea groups is 1. The molecule has 7 heteroatoms. The maximum atomic E-state index is 12.5. The summed E-state index contributed by atoms with van der Waals surface area (Å²) in [6, 6.07) is 7.13. The van der Waals surface area contributed by atoms with E-state index in [0.717, 1.165) is 48.3 Å². The van der Waals surface area contributed by atoms with E-state index in [4.69, 9.17) is 0 Å². The van der Waals surface area contributed by atoms with Gasteiger partial charge in [0.1, 0.15) is 0 Å². The van der Waals surface area contributed by atoms with E-state index in [-0.39, 0.29) is 24.5 Å². The zero-order valence-electron chi connectivity index (χ0n) is 17.9. The number of rotatable bonds is 6. The lowest BCUT2D eigenvalue weighted by atomic mass is 9.53. The predicted octanol–water partition coefficient (Wildman–Crippen LogP) is 2.66. The van der Waals surface area contributed by atoms with Crippen molar-refractivity contribution in [3.05, 3.63) is 29.8 Å². The highest BCUT2D eigenvalue weighted by Gasteiger charge is 2.51. The van der Waals surface area contributed by atoms with Gasteiger partial charge in [-0.05, 0) is 82.4 Å². The second-order valence-corrected chi connectivity index (χ2v) is 9.79. The Balaban J connectivity index is 1.20. The van der Waals surface area contributed by atoms with Crippen LogP contribution in [0.25, 0.3) is 0 Å². The van der Waals surface area contributed by atoms with E-state index in [1.807, 2.05) is 31.2 Å². The van der Waals surface area contributed by atoms with Crippen LogP contribution in [0.5, 0.6) is 0 Å². The Bertz CT molecular complexity index is 785. The Morgan fingerprint density at radius 2 is 1.47 bits per heavy atom. The summed E-state index contributed by atoms with van der Waals surface area (Å²) in [5, 5.41) is 8.40. The zero-order valence-corrected chi connectivity index (χ0v) is 17.9. The highest BCUT2D eigenvalue weighted by Crippen LogP contribution is 2.55. The van der Waals surface area contributed by atoms with Crippen molar-refractivity contribution < 1.29 is 14.4 Å². The average Bonchev–Trinajstić information content (AvgIpc) is 2.61. The smallest absolute Gasteiger partial charge is 0.321 e. The van der Waals surface area contributed by atoms with Crippen LogP contribution in [-0.2, 0) is 9.59 Å². The molecular weight excluding hydrogens is 380 g/mol. The second kappa shape index (κ2) is 8.38. The summed E-state index contributed by atoms with van der Waals surface area (Å²) in [5.74, 6) is 1.58. The number of nitrogens with zero attached hydrogens (tertiary/aromatic N) is 1. The van der Waals surface area contributed by atoms with Crippen LogP contribution in [0, 0.1) is 24.7 Å². The topological polar surface area (TPSA) is 90.5 Å². The van der Waals surface area contributed by atoms with Gasteiger partial charge in [-0.3, -0.25) is 19.8 Å². The molecule has 4 fully saturated rings. The Morgan fingerprint density at radius 3 is 2.03 bits per heavy atom. The maximum absolute atomic E-state index is 12.5. The van der Waals surface area contributed by atoms with E-state index in [1.165, 1.54) is 19.3 Å². The first-order chi connectivity index (χ1) is 14.3. The molecule has 30 heavy (non-hydrogen) atoms. The largest absolute Gasteiger partial charge is 0.332 e. The summed E-state index contributed by atoms with van der Waals surface area (Å²) in [5.41, 5.74) is 1.71. The third-order valence-corrected chi connectivity index (χ3v) is 6.83. The van der Waals surface area contributed by atoms with Crippen LogP contribution in [-0.4, -0.2) is 48.4 Å². The number of carbonyl (C=O) groups is 3. The predicted molar refractivity (Wildman–Crippen MR) is 115 cm³/mol. The van der Waals surface area contributed by atoms with Gasteiger partial charge in [-0.1, -0.05) is 17.7 Å². The van der Waals surface area contributed by atoms with Crippen molar-refractivity contribution in [2.24, 2.45) is 17.8 Å². The number of imide groups is 1. The number of hydrogen-bond donors (Lipinski definition) is 3. The van der Waals surface area contributed by atoms with Gasteiger partial charge in [-0.15, -0.1) is 0 Å². The van der Waals surface area contributed by atoms with E-state index in [0.29, 0.717) is 0 Å². The molecule has 7 nitrogen and oxygen atoms in total. The molecule has 1 aromatic carbocycles. The zero-order chi connectivity index (χ0) is 21.3.